The summed E-state index contributed by atoms with van der Waals surface area (Å²) in [5, 5.41) is 10.5. The van der Waals surface area contributed by atoms with Crippen molar-refractivity contribution in [1.29, 1.82) is 0 Å². The molecular weight excluding hydrogens is 406 g/mol. The number of para-hydroxylation sites is 1. The fraction of sp³-hybridized carbons (Fsp3) is 0.320. The first-order valence-electron chi connectivity index (χ1n) is 10.6. The minimum atomic E-state index is -0.813. The first-order valence-corrected chi connectivity index (χ1v) is 10.6. The van der Waals surface area contributed by atoms with Crippen molar-refractivity contribution < 1.29 is 19.6 Å². The number of anilines is 1. The summed E-state index contributed by atoms with van der Waals surface area (Å²) in [5.41, 5.74) is 5.84. The molecule has 0 saturated heterocycles. The number of amides is 3. The maximum atomic E-state index is 13.3. The molecule has 170 valence electrons. The van der Waals surface area contributed by atoms with Crippen LogP contribution in [-0.4, -0.2) is 22.9 Å². The second-order valence-electron chi connectivity index (χ2n) is 8.03. The van der Waals surface area contributed by atoms with E-state index < -0.39 is 23.7 Å². The van der Waals surface area contributed by atoms with Crippen molar-refractivity contribution in [3.05, 3.63) is 72.3 Å². The minimum Gasteiger partial charge on any atom is -0.289 e. The number of hydrazine groups is 1. The number of carbonyl (C=O) groups excluding carboxylic acids is 3. The van der Waals surface area contributed by atoms with Crippen LogP contribution >= 0.6 is 0 Å². The van der Waals surface area contributed by atoms with Crippen LogP contribution in [0.5, 0.6) is 0 Å². The number of nitrogens with zero attached hydrogens (tertiary/aromatic N) is 1. The maximum absolute atomic E-state index is 13.3. The number of nitrogens with one attached hydrogen (secondary N) is 2. The predicted octanol–water partition coefficient (Wildman–Crippen LogP) is 3.96. The molecule has 0 aliphatic heterocycles. The molecular formula is C25H31N3O4. The predicted molar refractivity (Wildman–Crippen MR) is 124 cm³/mol. The maximum Gasteiger partial charge on any atom is 0.247 e. The molecule has 2 aromatic carbocycles. The molecule has 0 fully saturated rings. The van der Waals surface area contributed by atoms with Crippen molar-refractivity contribution in [2.24, 2.45) is 17.8 Å². The fourth-order valence-corrected chi connectivity index (χ4v) is 3.51. The SMILES string of the molecule is CC(=O)N(NC(=O)[C@H](CC(C)C)[C@H](CC=Cc1ccccc1)C(=O)NO)c1ccccc1. The lowest BCUT2D eigenvalue weighted by Gasteiger charge is -2.29. The van der Waals surface area contributed by atoms with Crippen molar-refractivity contribution in [2.75, 3.05) is 5.01 Å². The molecule has 0 spiro atoms. The first kappa shape index (κ1) is 24.8. The van der Waals surface area contributed by atoms with E-state index in [9.17, 15) is 19.6 Å². The van der Waals surface area contributed by atoms with Gasteiger partial charge in [-0.1, -0.05) is 74.5 Å². The van der Waals surface area contributed by atoms with Crippen LogP contribution < -0.4 is 15.9 Å². The van der Waals surface area contributed by atoms with Gasteiger partial charge in [-0.05, 0) is 36.5 Å². The molecule has 7 nitrogen and oxygen atoms in total. The Hall–Kier alpha value is -3.45. The lowest BCUT2D eigenvalue weighted by atomic mass is 9.82. The standard InChI is InChI=1S/C25H31N3O4/c1-18(2)17-23(24(30)26-28(19(3)29)21-14-8-5-9-15-21)22(25(31)27-32)16-10-13-20-11-6-4-7-12-20/h4-15,18,22-23,32H,16-17H2,1-3H3,(H,26,30)(H,27,31)/t22-,23+/m0/s1. The Bertz CT molecular complexity index is 913. The molecule has 32 heavy (non-hydrogen) atoms. The first-order chi connectivity index (χ1) is 15.3. The van der Waals surface area contributed by atoms with E-state index in [2.05, 4.69) is 5.43 Å². The van der Waals surface area contributed by atoms with Gasteiger partial charge in [-0.3, -0.25) is 25.0 Å². The van der Waals surface area contributed by atoms with Crippen LogP contribution in [0.3, 0.4) is 0 Å². The third kappa shape index (κ3) is 7.35. The molecule has 2 aromatic rings. The molecule has 7 heteroatoms. The number of carbonyl (C=O) groups is 3. The van der Waals surface area contributed by atoms with Crippen LogP contribution in [0.25, 0.3) is 6.08 Å². The zero-order chi connectivity index (χ0) is 23.5. The summed E-state index contributed by atoms with van der Waals surface area (Å²) >= 11 is 0. The lowest BCUT2D eigenvalue weighted by Crippen LogP contribution is -2.50. The number of hydrogen-bond donors (Lipinski definition) is 3. The zero-order valence-electron chi connectivity index (χ0n) is 18.7. The second-order valence-corrected chi connectivity index (χ2v) is 8.03. The highest BCUT2D eigenvalue weighted by Crippen LogP contribution is 2.26. The van der Waals surface area contributed by atoms with Gasteiger partial charge in [-0.15, -0.1) is 0 Å². The second kappa shape index (κ2) is 12.4. The Morgan fingerprint density at radius 1 is 0.938 bits per heavy atom. The Labute approximate surface area is 189 Å². The molecule has 0 unspecified atom stereocenters. The Balaban J connectivity index is 2.27. The Morgan fingerprint density at radius 2 is 1.53 bits per heavy atom. The van der Waals surface area contributed by atoms with Gasteiger partial charge in [-0.2, -0.15) is 0 Å². The molecule has 0 aromatic heterocycles. The van der Waals surface area contributed by atoms with Gasteiger partial charge in [-0.25, -0.2) is 10.5 Å². The molecule has 2 rings (SSSR count). The molecule has 0 bridgehead atoms. The number of allylic oxidation sites excluding steroid dienone is 1. The summed E-state index contributed by atoms with van der Waals surface area (Å²) in [7, 11) is 0. The van der Waals surface area contributed by atoms with E-state index in [-0.39, 0.29) is 18.2 Å². The summed E-state index contributed by atoms with van der Waals surface area (Å²) in [6.07, 6.45) is 4.34. The van der Waals surface area contributed by atoms with Gasteiger partial charge in [0.05, 0.1) is 17.5 Å². The van der Waals surface area contributed by atoms with Gasteiger partial charge in [0.25, 0.3) is 0 Å². The summed E-state index contributed by atoms with van der Waals surface area (Å²) in [6, 6.07) is 18.3. The monoisotopic (exact) mass is 437 g/mol. The van der Waals surface area contributed by atoms with Crippen LogP contribution in [0.4, 0.5) is 5.69 Å². The average Bonchev–Trinajstić information content (AvgIpc) is 2.79. The van der Waals surface area contributed by atoms with Crippen molar-refractivity contribution in [3.63, 3.8) is 0 Å². The molecule has 0 saturated carbocycles. The molecule has 0 heterocycles. The van der Waals surface area contributed by atoms with E-state index in [1.165, 1.54) is 11.9 Å². The number of hydroxylamine groups is 1. The molecule has 3 N–H and O–H groups in total. The molecule has 0 aliphatic carbocycles. The van der Waals surface area contributed by atoms with Gasteiger partial charge in [0.2, 0.25) is 17.7 Å². The van der Waals surface area contributed by atoms with E-state index in [0.29, 0.717) is 12.1 Å². The van der Waals surface area contributed by atoms with E-state index >= 15 is 0 Å². The van der Waals surface area contributed by atoms with Crippen LogP contribution in [0.1, 0.15) is 39.2 Å². The van der Waals surface area contributed by atoms with E-state index in [0.717, 1.165) is 5.56 Å². The van der Waals surface area contributed by atoms with Crippen LogP contribution in [0.2, 0.25) is 0 Å². The molecule has 3 amide bonds. The summed E-state index contributed by atoms with van der Waals surface area (Å²) in [6.45, 7) is 5.26. The zero-order valence-corrected chi connectivity index (χ0v) is 18.7. The molecule has 0 aliphatic rings. The Kier molecular flexibility index (Phi) is 9.63. The minimum absolute atomic E-state index is 0.111. The van der Waals surface area contributed by atoms with Gasteiger partial charge in [0, 0.05) is 6.92 Å². The number of hydrogen-bond acceptors (Lipinski definition) is 4. The van der Waals surface area contributed by atoms with Crippen LogP contribution in [0.15, 0.2) is 66.7 Å². The van der Waals surface area contributed by atoms with Gasteiger partial charge in [0.1, 0.15) is 0 Å². The summed E-state index contributed by atoms with van der Waals surface area (Å²) < 4.78 is 0. The van der Waals surface area contributed by atoms with E-state index in [1.54, 1.807) is 29.7 Å². The van der Waals surface area contributed by atoms with E-state index in [4.69, 9.17) is 0 Å². The topological polar surface area (TPSA) is 98.7 Å². The normalized spacial score (nSPS) is 12.9. The van der Waals surface area contributed by atoms with Crippen molar-refractivity contribution >= 4 is 29.5 Å². The number of rotatable bonds is 9. The van der Waals surface area contributed by atoms with Gasteiger partial charge >= 0.3 is 0 Å². The van der Waals surface area contributed by atoms with Crippen LogP contribution in [-0.2, 0) is 14.4 Å². The van der Waals surface area contributed by atoms with Crippen molar-refractivity contribution in [3.8, 4) is 0 Å². The highest BCUT2D eigenvalue weighted by atomic mass is 16.5. The third-order valence-electron chi connectivity index (χ3n) is 5.05. The molecule has 0 radical (unpaired) electrons. The average molecular weight is 438 g/mol. The lowest BCUT2D eigenvalue weighted by molar-refractivity contribution is -0.141. The van der Waals surface area contributed by atoms with Gasteiger partial charge in [0.15, 0.2) is 0 Å². The van der Waals surface area contributed by atoms with Gasteiger partial charge < -0.3 is 0 Å². The van der Waals surface area contributed by atoms with Crippen molar-refractivity contribution in [1.82, 2.24) is 10.9 Å². The molecule has 2 atom stereocenters. The Morgan fingerprint density at radius 3 is 2.06 bits per heavy atom. The quantitative estimate of drug-likeness (QED) is 0.408. The summed E-state index contributed by atoms with van der Waals surface area (Å²) in [5.74, 6) is -2.92. The number of benzene rings is 2. The summed E-state index contributed by atoms with van der Waals surface area (Å²) in [4.78, 5) is 38.0. The largest absolute Gasteiger partial charge is 0.289 e. The van der Waals surface area contributed by atoms with Crippen LogP contribution in [0, 0.1) is 17.8 Å². The highest BCUT2D eigenvalue weighted by molar-refractivity contribution is 5.96. The van der Waals surface area contributed by atoms with Crippen molar-refractivity contribution in [2.45, 2.75) is 33.6 Å². The highest BCUT2D eigenvalue weighted by Gasteiger charge is 2.34. The fourth-order valence-electron chi connectivity index (χ4n) is 3.51. The third-order valence-corrected chi connectivity index (χ3v) is 5.05. The van der Waals surface area contributed by atoms with E-state index in [1.807, 2.05) is 62.4 Å². The smallest absolute Gasteiger partial charge is 0.247 e.